The van der Waals surface area contributed by atoms with Gasteiger partial charge in [-0.25, -0.2) is 4.39 Å². The highest BCUT2D eigenvalue weighted by Gasteiger charge is 2.16. The Balaban J connectivity index is 1.89. The van der Waals surface area contributed by atoms with Crippen LogP contribution in [0.4, 0.5) is 4.39 Å². The fourth-order valence-electron chi connectivity index (χ4n) is 3.25. The Kier molecular flexibility index (Phi) is 4.66. The minimum Gasteiger partial charge on any atom is -0.496 e. The molecule has 1 aliphatic heterocycles. The van der Waals surface area contributed by atoms with Crippen molar-refractivity contribution in [3.8, 4) is 5.75 Å². The van der Waals surface area contributed by atoms with E-state index in [1.807, 2.05) is 0 Å². The van der Waals surface area contributed by atoms with Gasteiger partial charge in [-0.05, 0) is 50.0 Å². The van der Waals surface area contributed by atoms with E-state index in [2.05, 4.69) is 11.8 Å². The summed E-state index contributed by atoms with van der Waals surface area (Å²) in [5.74, 6) is 0.934. The van der Waals surface area contributed by atoms with Gasteiger partial charge in [-0.2, -0.15) is 0 Å². The number of halogens is 1. The van der Waals surface area contributed by atoms with Crippen LogP contribution in [-0.2, 0) is 6.54 Å². The molecule has 2 aromatic rings. The Hall–Kier alpha value is -1.88. The van der Waals surface area contributed by atoms with Crippen LogP contribution in [0.2, 0.25) is 0 Å². The molecule has 0 N–H and O–H groups in total. The number of benzene rings is 1. The van der Waals surface area contributed by atoms with Crippen molar-refractivity contribution in [2.45, 2.75) is 26.3 Å². The van der Waals surface area contributed by atoms with E-state index in [4.69, 9.17) is 4.74 Å². The summed E-state index contributed by atoms with van der Waals surface area (Å²) in [6.07, 6.45) is 2.40. The van der Waals surface area contributed by atoms with Crippen molar-refractivity contribution in [3.63, 3.8) is 0 Å². The molecular weight excluding hydrogens is 295 g/mol. The Labute approximate surface area is 135 Å². The minimum atomic E-state index is -0.342. The Morgan fingerprint density at radius 1 is 1.22 bits per heavy atom. The SMILES string of the molecule is COc1cc(=O)n(CCN2CCC(C)CC2)c2cc(F)ccc12. The first-order valence-corrected chi connectivity index (χ1v) is 8.18. The highest BCUT2D eigenvalue weighted by atomic mass is 19.1. The summed E-state index contributed by atoms with van der Waals surface area (Å²) in [6.45, 7) is 5.79. The van der Waals surface area contributed by atoms with Gasteiger partial charge in [0.05, 0.1) is 12.6 Å². The number of fused-ring (bicyclic) bond motifs is 1. The van der Waals surface area contributed by atoms with Gasteiger partial charge < -0.3 is 14.2 Å². The van der Waals surface area contributed by atoms with E-state index in [1.165, 1.54) is 38.2 Å². The zero-order valence-electron chi connectivity index (χ0n) is 13.7. The van der Waals surface area contributed by atoms with E-state index >= 15 is 0 Å². The summed E-state index contributed by atoms with van der Waals surface area (Å²) in [7, 11) is 1.52. The second-order valence-electron chi connectivity index (χ2n) is 6.39. The van der Waals surface area contributed by atoms with Gasteiger partial charge in [-0.3, -0.25) is 4.79 Å². The van der Waals surface area contributed by atoms with Crippen LogP contribution in [0.15, 0.2) is 29.1 Å². The summed E-state index contributed by atoms with van der Waals surface area (Å²) in [5.41, 5.74) is 0.449. The predicted octanol–water partition coefficient (Wildman–Crippen LogP) is 2.88. The van der Waals surface area contributed by atoms with Gasteiger partial charge >= 0.3 is 0 Å². The number of aromatic nitrogens is 1. The number of nitrogens with zero attached hydrogens (tertiary/aromatic N) is 2. The number of hydrogen-bond donors (Lipinski definition) is 0. The number of rotatable bonds is 4. The first kappa shape index (κ1) is 16.0. The minimum absolute atomic E-state index is 0.148. The standard InChI is InChI=1S/C18H23FN2O2/c1-13-5-7-20(8-6-13)9-10-21-16-11-14(19)3-4-15(16)17(23-2)12-18(21)22/h3-4,11-13H,5-10H2,1-2H3. The number of piperidine rings is 1. The molecule has 5 heteroatoms. The molecule has 124 valence electrons. The molecule has 0 radical (unpaired) electrons. The van der Waals surface area contributed by atoms with Gasteiger partial charge in [0.2, 0.25) is 0 Å². The number of likely N-dealkylation sites (tertiary alicyclic amines) is 1. The lowest BCUT2D eigenvalue weighted by molar-refractivity contribution is 0.186. The average molecular weight is 318 g/mol. The van der Waals surface area contributed by atoms with Crippen LogP contribution in [0.5, 0.6) is 5.75 Å². The molecule has 0 unspecified atom stereocenters. The largest absolute Gasteiger partial charge is 0.496 e. The molecule has 4 nitrogen and oxygen atoms in total. The number of hydrogen-bond acceptors (Lipinski definition) is 3. The van der Waals surface area contributed by atoms with E-state index in [-0.39, 0.29) is 11.4 Å². The fourth-order valence-corrected chi connectivity index (χ4v) is 3.25. The van der Waals surface area contributed by atoms with Crippen LogP contribution in [-0.4, -0.2) is 36.2 Å². The maximum atomic E-state index is 13.7. The summed E-state index contributed by atoms with van der Waals surface area (Å²) < 4.78 is 20.6. The van der Waals surface area contributed by atoms with Gasteiger partial charge in [-0.1, -0.05) is 6.92 Å². The second kappa shape index (κ2) is 6.71. The van der Waals surface area contributed by atoms with Crippen molar-refractivity contribution >= 4 is 10.9 Å². The van der Waals surface area contributed by atoms with Gasteiger partial charge in [0.25, 0.3) is 5.56 Å². The average Bonchev–Trinajstić information content (AvgIpc) is 2.55. The first-order valence-electron chi connectivity index (χ1n) is 8.18. The van der Waals surface area contributed by atoms with Crippen LogP contribution >= 0.6 is 0 Å². The van der Waals surface area contributed by atoms with Crippen LogP contribution in [0, 0.1) is 11.7 Å². The Morgan fingerprint density at radius 2 is 1.96 bits per heavy atom. The smallest absolute Gasteiger partial charge is 0.254 e. The summed E-state index contributed by atoms with van der Waals surface area (Å²) in [6, 6.07) is 5.96. The monoisotopic (exact) mass is 318 g/mol. The molecule has 1 saturated heterocycles. The van der Waals surface area contributed by atoms with E-state index in [9.17, 15) is 9.18 Å². The van der Waals surface area contributed by atoms with Gasteiger partial charge in [-0.15, -0.1) is 0 Å². The molecule has 1 fully saturated rings. The van der Waals surface area contributed by atoms with Crippen molar-refractivity contribution in [3.05, 3.63) is 40.4 Å². The van der Waals surface area contributed by atoms with Gasteiger partial charge in [0.15, 0.2) is 0 Å². The third-order valence-corrected chi connectivity index (χ3v) is 4.77. The van der Waals surface area contributed by atoms with Crippen LogP contribution < -0.4 is 10.3 Å². The van der Waals surface area contributed by atoms with Crippen molar-refractivity contribution in [1.29, 1.82) is 0 Å². The lowest BCUT2D eigenvalue weighted by atomic mass is 9.99. The van der Waals surface area contributed by atoms with Crippen molar-refractivity contribution in [2.24, 2.45) is 5.92 Å². The summed E-state index contributed by atoms with van der Waals surface area (Å²) >= 11 is 0. The molecular formula is C18H23FN2O2. The maximum absolute atomic E-state index is 13.7. The molecule has 0 amide bonds. The van der Waals surface area contributed by atoms with Crippen molar-refractivity contribution < 1.29 is 9.13 Å². The molecule has 1 aliphatic rings. The quantitative estimate of drug-likeness (QED) is 0.869. The van der Waals surface area contributed by atoms with E-state index in [0.717, 1.165) is 30.9 Å². The normalized spacial score (nSPS) is 16.8. The third-order valence-electron chi connectivity index (χ3n) is 4.77. The summed E-state index contributed by atoms with van der Waals surface area (Å²) in [4.78, 5) is 14.8. The Bertz CT molecular complexity index is 749. The lowest BCUT2D eigenvalue weighted by Crippen LogP contribution is -2.36. The molecule has 1 aromatic carbocycles. The van der Waals surface area contributed by atoms with E-state index < -0.39 is 0 Å². The molecule has 0 saturated carbocycles. The van der Waals surface area contributed by atoms with Gasteiger partial charge in [0.1, 0.15) is 11.6 Å². The zero-order valence-corrected chi connectivity index (χ0v) is 13.7. The lowest BCUT2D eigenvalue weighted by Gasteiger charge is -2.30. The fraction of sp³-hybridized carbons (Fsp3) is 0.500. The predicted molar refractivity (Wildman–Crippen MR) is 89.6 cm³/mol. The first-order chi connectivity index (χ1) is 11.1. The second-order valence-corrected chi connectivity index (χ2v) is 6.39. The molecule has 23 heavy (non-hydrogen) atoms. The third kappa shape index (κ3) is 3.39. The topological polar surface area (TPSA) is 34.5 Å². The molecule has 3 rings (SSSR count). The van der Waals surface area contributed by atoms with Crippen LogP contribution in [0.3, 0.4) is 0 Å². The molecule has 0 aliphatic carbocycles. The molecule has 1 aromatic heterocycles. The number of ether oxygens (including phenoxy) is 1. The van der Waals surface area contributed by atoms with Crippen molar-refractivity contribution in [1.82, 2.24) is 9.47 Å². The highest BCUT2D eigenvalue weighted by molar-refractivity contribution is 5.85. The van der Waals surface area contributed by atoms with Crippen LogP contribution in [0.1, 0.15) is 19.8 Å². The molecule has 2 heterocycles. The number of pyridine rings is 1. The highest BCUT2D eigenvalue weighted by Crippen LogP contribution is 2.24. The molecule has 0 bridgehead atoms. The molecule has 0 spiro atoms. The van der Waals surface area contributed by atoms with E-state index in [0.29, 0.717) is 17.8 Å². The van der Waals surface area contributed by atoms with Crippen LogP contribution in [0.25, 0.3) is 10.9 Å². The maximum Gasteiger partial charge on any atom is 0.254 e. The number of methoxy groups -OCH3 is 1. The zero-order chi connectivity index (χ0) is 16.4. The van der Waals surface area contributed by atoms with Crippen molar-refractivity contribution in [2.75, 3.05) is 26.7 Å². The molecule has 0 atom stereocenters. The van der Waals surface area contributed by atoms with E-state index in [1.54, 1.807) is 10.6 Å². The Morgan fingerprint density at radius 3 is 2.65 bits per heavy atom. The summed E-state index contributed by atoms with van der Waals surface area (Å²) in [5, 5.41) is 0.765. The van der Waals surface area contributed by atoms with Gasteiger partial charge in [0, 0.05) is 24.5 Å².